The molecule has 0 saturated heterocycles. The average molecular weight is 644 g/mol. The van der Waals surface area contributed by atoms with Crippen molar-refractivity contribution in [1.82, 2.24) is 0 Å². The molecule has 10 nitrogen and oxygen atoms in total. The van der Waals surface area contributed by atoms with Crippen LogP contribution < -0.4 is 31.2 Å². The van der Waals surface area contributed by atoms with E-state index in [-0.39, 0.29) is 31.3 Å². The molecule has 1 unspecified atom stereocenters. The fourth-order valence-corrected chi connectivity index (χ4v) is 5.36. The van der Waals surface area contributed by atoms with Gasteiger partial charge in [-0.05, 0) is 47.0 Å². The van der Waals surface area contributed by atoms with Crippen LogP contribution in [0.3, 0.4) is 0 Å². The van der Waals surface area contributed by atoms with E-state index in [0.29, 0.717) is 34.0 Å². The van der Waals surface area contributed by atoms with Crippen LogP contribution in [0.5, 0.6) is 11.5 Å². The van der Waals surface area contributed by atoms with Gasteiger partial charge >= 0.3 is 0 Å². The molecule has 0 spiro atoms. The van der Waals surface area contributed by atoms with E-state index in [4.69, 9.17) is 20.9 Å². The Morgan fingerprint density at radius 3 is 1.94 bits per heavy atom. The smallest absolute Gasteiger partial charge is 0.244 e. The second-order valence-electron chi connectivity index (χ2n) is 11.0. The minimum absolute atomic E-state index is 0.0538. The molecule has 10 heteroatoms. The lowest BCUT2D eigenvalue weighted by atomic mass is 9.98. The van der Waals surface area contributed by atoms with E-state index in [0.717, 1.165) is 16.7 Å². The van der Waals surface area contributed by atoms with Crippen molar-refractivity contribution >= 4 is 29.0 Å². The SMILES string of the molecule is COc1cc(C(C(N)=O)N(Cc2ccccc2)c2ccc(/C(N)=N/O)cc2)c(NC(=O)Cc2ccccc2)cc1OCc1ccccc1. The van der Waals surface area contributed by atoms with Crippen LogP contribution in [0.4, 0.5) is 11.4 Å². The topological polar surface area (TPSA) is 152 Å². The fourth-order valence-electron chi connectivity index (χ4n) is 5.36. The Labute approximate surface area is 279 Å². The highest BCUT2D eigenvalue weighted by Gasteiger charge is 2.31. The first-order chi connectivity index (χ1) is 23.4. The van der Waals surface area contributed by atoms with Crippen LogP contribution in [-0.4, -0.2) is 30.0 Å². The number of rotatable bonds is 14. The Hall–Kier alpha value is -6.29. The lowest BCUT2D eigenvalue weighted by Gasteiger charge is -2.34. The molecule has 2 amide bonds. The van der Waals surface area contributed by atoms with Gasteiger partial charge in [0.15, 0.2) is 17.3 Å². The summed E-state index contributed by atoms with van der Waals surface area (Å²) in [6.45, 7) is 0.531. The summed E-state index contributed by atoms with van der Waals surface area (Å²) in [6.07, 6.45) is 0.108. The van der Waals surface area contributed by atoms with Gasteiger partial charge in [0.1, 0.15) is 12.6 Å². The molecule has 1 atom stereocenters. The number of oxime groups is 1. The summed E-state index contributed by atoms with van der Waals surface area (Å²) >= 11 is 0. The number of amides is 2. The third-order valence-electron chi connectivity index (χ3n) is 7.73. The standard InChI is InChI=1S/C38H37N5O5/c1-47-33-22-31(32(41-35(44)21-26-11-5-2-6-12-26)23-34(33)48-25-28-15-9-4-10-16-28)36(38(40)45)43(24-27-13-7-3-8-14-27)30-19-17-29(18-20-30)37(39)42-46/h2-20,22-23,36,46H,21,24-25H2,1H3,(H2,39,42)(H2,40,45)(H,41,44). The van der Waals surface area contributed by atoms with E-state index in [1.54, 1.807) is 36.4 Å². The molecule has 5 rings (SSSR count). The predicted molar refractivity (Wildman–Crippen MR) is 186 cm³/mol. The third-order valence-corrected chi connectivity index (χ3v) is 7.73. The van der Waals surface area contributed by atoms with Crippen molar-refractivity contribution in [1.29, 1.82) is 0 Å². The highest BCUT2D eigenvalue weighted by molar-refractivity contribution is 5.98. The second kappa shape index (κ2) is 15.8. The number of methoxy groups -OCH3 is 1. The number of primary amides is 1. The van der Waals surface area contributed by atoms with E-state index in [1.165, 1.54) is 7.11 Å². The van der Waals surface area contributed by atoms with Crippen molar-refractivity contribution in [2.75, 3.05) is 17.3 Å². The first-order valence-corrected chi connectivity index (χ1v) is 15.3. The van der Waals surface area contributed by atoms with Gasteiger partial charge in [-0.15, -0.1) is 0 Å². The summed E-state index contributed by atoms with van der Waals surface area (Å²) in [5.41, 5.74) is 16.6. The summed E-state index contributed by atoms with van der Waals surface area (Å²) < 4.78 is 11.9. The van der Waals surface area contributed by atoms with Crippen LogP contribution in [0.15, 0.2) is 133 Å². The number of anilines is 2. The largest absolute Gasteiger partial charge is 0.493 e. The highest BCUT2D eigenvalue weighted by Crippen LogP contribution is 2.40. The Morgan fingerprint density at radius 1 is 0.792 bits per heavy atom. The maximum absolute atomic E-state index is 13.6. The molecule has 0 radical (unpaired) electrons. The Balaban J connectivity index is 1.61. The molecule has 0 aliphatic rings. The van der Waals surface area contributed by atoms with Crippen molar-refractivity contribution in [3.8, 4) is 11.5 Å². The third kappa shape index (κ3) is 8.29. The Kier molecular flexibility index (Phi) is 10.9. The second-order valence-corrected chi connectivity index (χ2v) is 11.0. The van der Waals surface area contributed by atoms with Crippen molar-refractivity contribution < 1.29 is 24.3 Å². The van der Waals surface area contributed by atoms with Gasteiger partial charge in [-0.2, -0.15) is 0 Å². The van der Waals surface area contributed by atoms with E-state index in [9.17, 15) is 14.8 Å². The molecular formula is C38H37N5O5. The van der Waals surface area contributed by atoms with Gasteiger partial charge in [-0.3, -0.25) is 9.59 Å². The first-order valence-electron chi connectivity index (χ1n) is 15.3. The molecule has 0 aliphatic heterocycles. The number of hydrogen-bond donors (Lipinski definition) is 4. The first kappa shape index (κ1) is 33.1. The zero-order valence-electron chi connectivity index (χ0n) is 26.5. The summed E-state index contributed by atoms with van der Waals surface area (Å²) in [5, 5.41) is 15.3. The van der Waals surface area contributed by atoms with Crippen molar-refractivity contribution in [2.24, 2.45) is 16.6 Å². The van der Waals surface area contributed by atoms with Gasteiger partial charge < -0.3 is 36.4 Å². The maximum Gasteiger partial charge on any atom is 0.244 e. The van der Waals surface area contributed by atoms with Crippen LogP contribution in [-0.2, 0) is 29.2 Å². The number of nitrogens with two attached hydrogens (primary N) is 2. The van der Waals surface area contributed by atoms with Crippen LogP contribution >= 0.6 is 0 Å². The number of amidine groups is 1. The average Bonchev–Trinajstić information content (AvgIpc) is 3.12. The molecule has 0 bridgehead atoms. The van der Waals surface area contributed by atoms with Gasteiger partial charge in [0.25, 0.3) is 0 Å². The minimum Gasteiger partial charge on any atom is -0.493 e. The van der Waals surface area contributed by atoms with E-state index in [1.807, 2.05) is 95.9 Å². The van der Waals surface area contributed by atoms with Gasteiger partial charge in [-0.1, -0.05) is 96.2 Å². The summed E-state index contributed by atoms with van der Waals surface area (Å²) in [7, 11) is 1.51. The van der Waals surface area contributed by atoms with Crippen LogP contribution in [0.25, 0.3) is 0 Å². The zero-order valence-corrected chi connectivity index (χ0v) is 26.5. The van der Waals surface area contributed by atoms with E-state index < -0.39 is 11.9 Å². The van der Waals surface area contributed by atoms with E-state index in [2.05, 4.69) is 10.5 Å². The monoisotopic (exact) mass is 643 g/mol. The number of hydrogen-bond acceptors (Lipinski definition) is 7. The number of ether oxygens (including phenoxy) is 2. The van der Waals surface area contributed by atoms with Crippen molar-refractivity contribution in [3.05, 3.63) is 155 Å². The molecule has 5 aromatic carbocycles. The molecule has 0 aliphatic carbocycles. The van der Waals surface area contributed by atoms with Gasteiger partial charge in [-0.25, -0.2) is 0 Å². The molecular weight excluding hydrogens is 606 g/mol. The molecule has 0 heterocycles. The fraction of sp³-hybridized carbons (Fsp3) is 0.132. The number of nitrogens with zero attached hydrogens (tertiary/aromatic N) is 2. The molecule has 0 saturated carbocycles. The maximum atomic E-state index is 13.6. The summed E-state index contributed by atoms with van der Waals surface area (Å²) in [4.78, 5) is 28.9. The summed E-state index contributed by atoms with van der Waals surface area (Å²) in [6, 6.07) is 37.8. The van der Waals surface area contributed by atoms with Crippen LogP contribution in [0.1, 0.15) is 33.9 Å². The highest BCUT2D eigenvalue weighted by atomic mass is 16.5. The van der Waals surface area contributed by atoms with Crippen LogP contribution in [0, 0.1) is 0 Å². The Bertz CT molecular complexity index is 1850. The zero-order chi connectivity index (χ0) is 33.9. The van der Waals surface area contributed by atoms with Crippen molar-refractivity contribution in [3.63, 3.8) is 0 Å². The van der Waals surface area contributed by atoms with Crippen molar-refractivity contribution in [2.45, 2.75) is 25.6 Å². The van der Waals surface area contributed by atoms with Gasteiger partial charge in [0.05, 0.1) is 19.2 Å². The summed E-state index contributed by atoms with van der Waals surface area (Å²) in [5.74, 6) is -0.273. The lowest BCUT2D eigenvalue weighted by molar-refractivity contribution is -0.119. The molecule has 6 N–H and O–H groups in total. The minimum atomic E-state index is -1.08. The molecule has 244 valence electrons. The van der Waals surface area contributed by atoms with Gasteiger partial charge in [0.2, 0.25) is 11.8 Å². The van der Waals surface area contributed by atoms with Crippen LogP contribution in [0.2, 0.25) is 0 Å². The molecule has 5 aromatic rings. The molecule has 48 heavy (non-hydrogen) atoms. The quantitative estimate of drug-likeness (QED) is 0.0518. The van der Waals surface area contributed by atoms with E-state index >= 15 is 0 Å². The van der Waals surface area contributed by atoms with Gasteiger partial charge in [0, 0.05) is 29.4 Å². The normalized spacial score (nSPS) is 11.7. The lowest BCUT2D eigenvalue weighted by Crippen LogP contribution is -2.38. The Morgan fingerprint density at radius 2 is 1.38 bits per heavy atom. The number of nitrogens with one attached hydrogen (secondary N) is 1. The molecule has 0 aromatic heterocycles. The molecule has 0 fully saturated rings. The number of benzene rings is 5. The number of carbonyl (C=O) groups is 2. The predicted octanol–water partition coefficient (Wildman–Crippen LogP) is 5.78. The number of carbonyl (C=O) groups excluding carboxylic acids is 2.